The smallest absolute Gasteiger partial charge is 0.312 e. The zero-order chi connectivity index (χ0) is 15.4. The van der Waals surface area contributed by atoms with Gasteiger partial charge in [-0.1, -0.05) is 22.0 Å². The number of hydrogen-bond acceptors (Lipinski definition) is 4. The van der Waals surface area contributed by atoms with Gasteiger partial charge in [-0.15, -0.1) is 0 Å². The number of nitriles is 1. The number of halogens is 1. The van der Waals surface area contributed by atoms with Gasteiger partial charge in [0.15, 0.2) is 0 Å². The summed E-state index contributed by atoms with van der Waals surface area (Å²) in [6.45, 7) is 1.94. The molecule has 6 heteroatoms. The number of nitro benzene ring substituents is 1. The second kappa shape index (κ2) is 6.37. The Morgan fingerprint density at radius 3 is 2.67 bits per heavy atom. The van der Waals surface area contributed by atoms with Crippen LogP contribution in [0.5, 0.6) is 11.5 Å². The summed E-state index contributed by atoms with van der Waals surface area (Å²) >= 11 is 3.39. The molecule has 0 radical (unpaired) electrons. The van der Waals surface area contributed by atoms with E-state index < -0.39 is 4.92 Å². The van der Waals surface area contributed by atoms with Gasteiger partial charge in [-0.3, -0.25) is 10.1 Å². The zero-order valence-electron chi connectivity index (χ0n) is 11.2. The first-order chi connectivity index (χ1) is 10.0. The Hall–Kier alpha value is -2.39. The van der Waals surface area contributed by atoms with E-state index in [2.05, 4.69) is 15.9 Å². The van der Waals surface area contributed by atoms with Crippen LogP contribution in [0.2, 0.25) is 0 Å². The minimum atomic E-state index is -0.560. The minimum Gasteiger partial charge on any atom is -0.450 e. The fourth-order valence-corrected chi connectivity index (χ4v) is 2.45. The largest absolute Gasteiger partial charge is 0.450 e. The topological polar surface area (TPSA) is 76.2 Å². The van der Waals surface area contributed by atoms with Crippen molar-refractivity contribution in [1.82, 2.24) is 0 Å². The number of nitro groups is 1. The van der Waals surface area contributed by atoms with Gasteiger partial charge in [0.2, 0.25) is 5.75 Å². The highest BCUT2D eigenvalue weighted by Crippen LogP contribution is 2.32. The third-order valence-corrected chi connectivity index (χ3v) is 3.57. The van der Waals surface area contributed by atoms with E-state index in [9.17, 15) is 10.1 Å². The van der Waals surface area contributed by atoms with E-state index in [4.69, 9.17) is 10.00 Å². The fourth-order valence-electron chi connectivity index (χ4n) is 1.82. The van der Waals surface area contributed by atoms with Gasteiger partial charge < -0.3 is 4.74 Å². The summed E-state index contributed by atoms with van der Waals surface area (Å²) in [6.07, 6.45) is 0. The Balaban J connectivity index is 2.37. The zero-order valence-corrected chi connectivity index (χ0v) is 12.8. The monoisotopic (exact) mass is 346 g/mol. The summed E-state index contributed by atoms with van der Waals surface area (Å²) in [5.41, 5.74) is 2.15. The second-order valence-electron chi connectivity index (χ2n) is 4.38. The standard InChI is InChI=1S/C15H11BrN2O3/c1-10-6-13(4-3-12(10)8-16)21-15-5-2-11(9-17)7-14(15)18(19)20/h2-7H,8H2,1H3. The van der Waals surface area contributed by atoms with Gasteiger partial charge in [-0.25, -0.2) is 0 Å². The minimum absolute atomic E-state index is 0.116. The molecule has 21 heavy (non-hydrogen) atoms. The Kier molecular flexibility index (Phi) is 4.55. The maximum Gasteiger partial charge on any atom is 0.312 e. The molecule has 2 aromatic rings. The summed E-state index contributed by atoms with van der Waals surface area (Å²) < 4.78 is 5.58. The molecular formula is C15H11BrN2O3. The van der Waals surface area contributed by atoms with Crippen molar-refractivity contribution in [3.05, 3.63) is 63.2 Å². The number of rotatable bonds is 4. The SMILES string of the molecule is Cc1cc(Oc2ccc(C#N)cc2[N+](=O)[O-])ccc1CBr. The van der Waals surface area contributed by atoms with E-state index in [0.717, 1.165) is 16.5 Å². The first-order valence-electron chi connectivity index (χ1n) is 6.07. The lowest BCUT2D eigenvalue weighted by Gasteiger charge is -2.09. The Morgan fingerprint density at radius 1 is 1.33 bits per heavy atom. The molecule has 106 valence electrons. The van der Waals surface area contributed by atoms with Crippen molar-refractivity contribution in [2.45, 2.75) is 12.3 Å². The molecule has 0 unspecified atom stereocenters. The van der Waals surface area contributed by atoms with Crippen molar-refractivity contribution < 1.29 is 9.66 Å². The van der Waals surface area contributed by atoms with Crippen molar-refractivity contribution in [1.29, 1.82) is 5.26 Å². The van der Waals surface area contributed by atoms with E-state index in [1.54, 1.807) is 6.07 Å². The number of hydrogen-bond donors (Lipinski definition) is 0. The Bertz CT molecular complexity index is 738. The van der Waals surface area contributed by atoms with Gasteiger partial charge in [0, 0.05) is 11.4 Å². The van der Waals surface area contributed by atoms with Crippen LogP contribution in [0.3, 0.4) is 0 Å². The van der Waals surface area contributed by atoms with Gasteiger partial charge >= 0.3 is 5.69 Å². The third kappa shape index (κ3) is 3.38. The maximum atomic E-state index is 11.1. The van der Waals surface area contributed by atoms with Gasteiger partial charge in [0.1, 0.15) is 5.75 Å². The summed E-state index contributed by atoms with van der Waals surface area (Å²) in [6, 6.07) is 11.5. The van der Waals surface area contributed by atoms with E-state index in [-0.39, 0.29) is 17.0 Å². The normalized spacial score (nSPS) is 9.95. The average Bonchev–Trinajstić information content (AvgIpc) is 2.47. The molecule has 0 heterocycles. The number of benzene rings is 2. The van der Waals surface area contributed by atoms with E-state index in [1.165, 1.54) is 18.2 Å². The summed E-state index contributed by atoms with van der Waals surface area (Å²) in [5, 5.41) is 20.6. The van der Waals surface area contributed by atoms with Crippen molar-refractivity contribution in [2.24, 2.45) is 0 Å². The van der Waals surface area contributed by atoms with Crippen LogP contribution in [0.1, 0.15) is 16.7 Å². The van der Waals surface area contributed by atoms with Crippen LogP contribution in [-0.2, 0) is 5.33 Å². The summed E-state index contributed by atoms with van der Waals surface area (Å²) in [7, 11) is 0. The number of ether oxygens (including phenoxy) is 1. The summed E-state index contributed by atoms with van der Waals surface area (Å²) in [4.78, 5) is 10.5. The molecule has 0 atom stereocenters. The molecular weight excluding hydrogens is 336 g/mol. The molecule has 0 spiro atoms. The van der Waals surface area contributed by atoms with Crippen LogP contribution in [0.25, 0.3) is 0 Å². The van der Waals surface area contributed by atoms with Crippen LogP contribution < -0.4 is 4.74 Å². The van der Waals surface area contributed by atoms with E-state index in [0.29, 0.717) is 5.75 Å². The predicted molar refractivity (Wildman–Crippen MR) is 81.7 cm³/mol. The van der Waals surface area contributed by atoms with Crippen molar-refractivity contribution in [3.8, 4) is 17.6 Å². The lowest BCUT2D eigenvalue weighted by atomic mass is 10.1. The van der Waals surface area contributed by atoms with Crippen LogP contribution in [-0.4, -0.2) is 4.92 Å². The number of alkyl halides is 1. The molecule has 0 aromatic heterocycles. The van der Waals surface area contributed by atoms with Crippen LogP contribution >= 0.6 is 15.9 Å². The van der Waals surface area contributed by atoms with Crippen molar-refractivity contribution in [2.75, 3.05) is 0 Å². The maximum absolute atomic E-state index is 11.1. The second-order valence-corrected chi connectivity index (χ2v) is 4.94. The van der Waals surface area contributed by atoms with Crippen LogP contribution in [0, 0.1) is 28.4 Å². The molecule has 0 fully saturated rings. The molecule has 2 rings (SSSR count). The molecule has 2 aromatic carbocycles. The van der Waals surface area contributed by atoms with Crippen LogP contribution in [0.15, 0.2) is 36.4 Å². The van der Waals surface area contributed by atoms with Gasteiger partial charge in [0.25, 0.3) is 0 Å². The molecule has 0 aliphatic rings. The van der Waals surface area contributed by atoms with Gasteiger partial charge in [-0.2, -0.15) is 5.26 Å². The van der Waals surface area contributed by atoms with Crippen molar-refractivity contribution in [3.63, 3.8) is 0 Å². The highest BCUT2D eigenvalue weighted by atomic mass is 79.9. The first-order valence-corrected chi connectivity index (χ1v) is 7.19. The molecule has 0 saturated carbocycles. The number of nitrogens with zero attached hydrogens (tertiary/aromatic N) is 2. The molecule has 0 N–H and O–H groups in total. The third-order valence-electron chi connectivity index (χ3n) is 2.97. The average molecular weight is 347 g/mol. The molecule has 5 nitrogen and oxygen atoms in total. The molecule has 0 amide bonds. The highest BCUT2D eigenvalue weighted by Gasteiger charge is 2.17. The van der Waals surface area contributed by atoms with Crippen LogP contribution in [0.4, 0.5) is 5.69 Å². The predicted octanol–water partition coefficient (Wildman–Crippen LogP) is 4.46. The van der Waals surface area contributed by atoms with E-state index >= 15 is 0 Å². The Labute approximate surface area is 130 Å². The van der Waals surface area contributed by atoms with E-state index in [1.807, 2.05) is 25.1 Å². The first kappa shape index (κ1) is 15.0. The van der Waals surface area contributed by atoms with Gasteiger partial charge in [0.05, 0.1) is 16.6 Å². The number of aryl methyl sites for hydroxylation is 1. The lowest BCUT2D eigenvalue weighted by molar-refractivity contribution is -0.385. The molecule has 0 saturated heterocycles. The molecule has 0 bridgehead atoms. The van der Waals surface area contributed by atoms with Gasteiger partial charge in [-0.05, 0) is 42.3 Å². The molecule has 0 aliphatic carbocycles. The van der Waals surface area contributed by atoms with Crippen molar-refractivity contribution >= 4 is 21.6 Å². The lowest BCUT2D eigenvalue weighted by Crippen LogP contribution is -1.95. The molecule has 0 aliphatic heterocycles. The fraction of sp³-hybridized carbons (Fsp3) is 0.133. The summed E-state index contributed by atoms with van der Waals surface area (Å²) in [5.74, 6) is 0.634. The quantitative estimate of drug-likeness (QED) is 0.465. The highest BCUT2D eigenvalue weighted by molar-refractivity contribution is 9.08. The Morgan fingerprint density at radius 2 is 2.10 bits per heavy atom.